The van der Waals surface area contributed by atoms with Gasteiger partial charge < -0.3 is 14.8 Å². The molecule has 0 radical (unpaired) electrons. The maximum atomic E-state index is 13.0. The van der Waals surface area contributed by atoms with E-state index in [0.29, 0.717) is 38.3 Å². The number of hydrogen-bond acceptors (Lipinski definition) is 2. The van der Waals surface area contributed by atoms with Gasteiger partial charge in [-0.2, -0.15) is 0 Å². The quantitative estimate of drug-likeness (QED) is 0.627. The lowest BCUT2D eigenvalue weighted by atomic mass is 10.1. The molecule has 29 heavy (non-hydrogen) atoms. The minimum atomic E-state index is -0.0238. The second-order valence-electron chi connectivity index (χ2n) is 7.37. The molecule has 2 amide bonds. The molecule has 4 rings (SSSR count). The Hall–Kier alpha value is -2.60. The molecule has 2 heterocycles. The van der Waals surface area contributed by atoms with Crippen LogP contribution in [0.1, 0.15) is 28.9 Å². The van der Waals surface area contributed by atoms with Crippen LogP contribution in [-0.2, 0) is 11.2 Å². The molecule has 3 aromatic rings. The first-order valence-electron chi connectivity index (χ1n) is 10.0. The standard InChI is InChI=1S/C23H24BrN3O2/c24-21-18-10-4-5-11-19(18)25-22(21)23(29)27-15-13-26(14-16-27)20(28)12-6-9-17-7-2-1-3-8-17/h1-5,7-8,10-11,25H,6,9,12-16H2. The number of halogens is 1. The monoisotopic (exact) mass is 453 g/mol. The minimum Gasteiger partial charge on any atom is -0.350 e. The van der Waals surface area contributed by atoms with Crippen molar-refractivity contribution in [2.75, 3.05) is 26.2 Å². The number of rotatable bonds is 5. The average molecular weight is 454 g/mol. The normalized spacial score (nSPS) is 14.4. The summed E-state index contributed by atoms with van der Waals surface area (Å²) in [5, 5.41) is 1.00. The Kier molecular flexibility index (Phi) is 6.00. The fraction of sp³-hybridized carbons (Fsp3) is 0.304. The van der Waals surface area contributed by atoms with E-state index in [-0.39, 0.29) is 11.8 Å². The van der Waals surface area contributed by atoms with Crippen LogP contribution in [0.15, 0.2) is 59.1 Å². The smallest absolute Gasteiger partial charge is 0.271 e. The predicted molar refractivity (Wildman–Crippen MR) is 118 cm³/mol. The number of fused-ring (bicyclic) bond motifs is 1. The molecule has 150 valence electrons. The van der Waals surface area contributed by atoms with Gasteiger partial charge in [0, 0.05) is 43.5 Å². The van der Waals surface area contributed by atoms with Crippen molar-refractivity contribution in [2.45, 2.75) is 19.3 Å². The Morgan fingerprint density at radius 3 is 2.28 bits per heavy atom. The molecule has 0 bridgehead atoms. The number of hydrogen-bond donors (Lipinski definition) is 1. The van der Waals surface area contributed by atoms with Crippen LogP contribution in [0.5, 0.6) is 0 Å². The molecule has 1 aliphatic rings. The summed E-state index contributed by atoms with van der Waals surface area (Å²) >= 11 is 3.56. The molecule has 1 aromatic heterocycles. The van der Waals surface area contributed by atoms with Crippen molar-refractivity contribution in [3.05, 3.63) is 70.3 Å². The number of piperazine rings is 1. The van der Waals surface area contributed by atoms with Gasteiger partial charge in [0.25, 0.3) is 5.91 Å². The average Bonchev–Trinajstić information content (AvgIpc) is 3.11. The summed E-state index contributed by atoms with van der Waals surface area (Å²) in [6.07, 6.45) is 2.32. The summed E-state index contributed by atoms with van der Waals surface area (Å²) in [7, 11) is 0. The molecule has 1 aliphatic heterocycles. The van der Waals surface area contributed by atoms with E-state index in [0.717, 1.165) is 28.2 Å². The number of amides is 2. The lowest BCUT2D eigenvalue weighted by Crippen LogP contribution is -2.50. The molecule has 6 heteroatoms. The summed E-state index contributed by atoms with van der Waals surface area (Å²) in [6.45, 7) is 2.30. The summed E-state index contributed by atoms with van der Waals surface area (Å²) in [4.78, 5) is 32.4. The molecule has 0 spiro atoms. The number of para-hydroxylation sites is 1. The van der Waals surface area contributed by atoms with E-state index in [1.54, 1.807) is 0 Å². The van der Waals surface area contributed by atoms with Gasteiger partial charge in [-0.15, -0.1) is 0 Å². The van der Waals surface area contributed by atoms with E-state index in [1.807, 2.05) is 52.3 Å². The molecular weight excluding hydrogens is 430 g/mol. The van der Waals surface area contributed by atoms with E-state index < -0.39 is 0 Å². The SMILES string of the molecule is O=C(CCCc1ccccc1)N1CCN(C(=O)c2[nH]c3ccccc3c2Br)CC1. The molecule has 0 unspecified atom stereocenters. The second kappa shape index (κ2) is 8.82. The van der Waals surface area contributed by atoms with Crippen LogP contribution >= 0.6 is 15.9 Å². The third kappa shape index (κ3) is 4.37. The molecule has 2 aromatic carbocycles. The zero-order chi connectivity index (χ0) is 20.2. The van der Waals surface area contributed by atoms with E-state index in [9.17, 15) is 9.59 Å². The fourth-order valence-electron chi connectivity index (χ4n) is 3.82. The van der Waals surface area contributed by atoms with Crippen LogP contribution in [-0.4, -0.2) is 52.8 Å². The van der Waals surface area contributed by atoms with Gasteiger partial charge in [-0.25, -0.2) is 0 Å². The molecule has 0 atom stereocenters. The van der Waals surface area contributed by atoms with Gasteiger partial charge in [-0.3, -0.25) is 9.59 Å². The predicted octanol–water partition coefficient (Wildman–Crippen LogP) is 4.24. The van der Waals surface area contributed by atoms with Gasteiger partial charge in [0.1, 0.15) is 5.69 Å². The van der Waals surface area contributed by atoms with Crippen molar-refractivity contribution in [3.8, 4) is 0 Å². The van der Waals surface area contributed by atoms with Crippen LogP contribution in [0.4, 0.5) is 0 Å². The van der Waals surface area contributed by atoms with Crippen LogP contribution in [0.25, 0.3) is 10.9 Å². The topological polar surface area (TPSA) is 56.4 Å². The Morgan fingerprint density at radius 1 is 0.897 bits per heavy atom. The molecule has 0 aliphatic carbocycles. The van der Waals surface area contributed by atoms with Gasteiger partial charge in [0.05, 0.1) is 4.47 Å². The number of carbonyl (C=O) groups is 2. The third-order valence-electron chi connectivity index (χ3n) is 5.48. The van der Waals surface area contributed by atoms with E-state index in [4.69, 9.17) is 0 Å². The molecule has 1 saturated heterocycles. The minimum absolute atomic E-state index is 0.0238. The van der Waals surface area contributed by atoms with Crippen LogP contribution in [0.2, 0.25) is 0 Å². The van der Waals surface area contributed by atoms with Gasteiger partial charge in [0.2, 0.25) is 5.91 Å². The number of aromatic nitrogens is 1. The molecular formula is C23H24BrN3O2. The largest absolute Gasteiger partial charge is 0.350 e. The Labute approximate surface area is 178 Å². The highest BCUT2D eigenvalue weighted by Gasteiger charge is 2.27. The molecule has 5 nitrogen and oxygen atoms in total. The fourth-order valence-corrected chi connectivity index (χ4v) is 4.43. The molecule has 1 N–H and O–H groups in total. The summed E-state index contributed by atoms with van der Waals surface area (Å²) in [5.41, 5.74) is 2.78. The Morgan fingerprint density at radius 2 is 1.55 bits per heavy atom. The van der Waals surface area contributed by atoms with Crippen molar-refractivity contribution >= 4 is 38.6 Å². The van der Waals surface area contributed by atoms with Crippen molar-refractivity contribution < 1.29 is 9.59 Å². The zero-order valence-corrected chi connectivity index (χ0v) is 17.8. The van der Waals surface area contributed by atoms with Gasteiger partial charge >= 0.3 is 0 Å². The van der Waals surface area contributed by atoms with Crippen LogP contribution in [0.3, 0.4) is 0 Å². The number of benzene rings is 2. The van der Waals surface area contributed by atoms with Crippen LogP contribution < -0.4 is 0 Å². The van der Waals surface area contributed by atoms with Gasteiger partial charge in [-0.05, 0) is 40.4 Å². The lowest BCUT2D eigenvalue weighted by Gasteiger charge is -2.34. The highest BCUT2D eigenvalue weighted by atomic mass is 79.9. The van der Waals surface area contributed by atoms with Crippen LogP contribution in [0, 0.1) is 0 Å². The maximum absolute atomic E-state index is 13.0. The molecule has 0 saturated carbocycles. The number of nitrogens with one attached hydrogen (secondary N) is 1. The number of nitrogens with zero attached hydrogens (tertiary/aromatic N) is 2. The number of aryl methyl sites for hydroxylation is 1. The number of aromatic amines is 1. The van der Waals surface area contributed by atoms with E-state index in [2.05, 4.69) is 33.0 Å². The van der Waals surface area contributed by atoms with Crippen molar-refractivity contribution in [2.24, 2.45) is 0 Å². The summed E-state index contributed by atoms with van der Waals surface area (Å²) in [6, 6.07) is 18.1. The Balaban J connectivity index is 1.30. The van der Waals surface area contributed by atoms with Crippen molar-refractivity contribution in [3.63, 3.8) is 0 Å². The van der Waals surface area contributed by atoms with Gasteiger partial charge in [-0.1, -0.05) is 48.5 Å². The lowest BCUT2D eigenvalue weighted by molar-refractivity contribution is -0.132. The van der Waals surface area contributed by atoms with E-state index in [1.165, 1.54) is 5.56 Å². The second-order valence-corrected chi connectivity index (χ2v) is 8.16. The first kappa shape index (κ1) is 19.7. The Bertz CT molecular complexity index is 1010. The zero-order valence-electron chi connectivity index (χ0n) is 16.2. The van der Waals surface area contributed by atoms with E-state index >= 15 is 0 Å². The van der Waals surface area contributed by atoms with Crippen molar-refractivity contribution in [1.29, 1.82) is 0 Å². The summed E-state index contributed by atoms with van der Waals surface area (Å²) < 4.78 is 0.803. The first-order valence-corrected chi connectivity index (χ1v) is 10.8. The highest BCUT2D eigenvalue weighted by molar-refractivity contribution is 9.10. The number of H-pyrrole nitrogens is 1. The first-order chi connectivity index (χ1) is 14.1. The summed E-state index contributed by atoms with van der Waals surface area (Å²) in [5.74, 6) is 0.157. The maximum Gasteiger partial charge on any atom is 0.271 e. The number of carbonyl (C=O) groups excluding carboxylic acids is 2. The highest BCUT2D eigenvalue weighted by Crippen LogP contribution is 2.28. The molecule has 1 fully saturated rings. The van der Waals surface area contributed by atoms with Gasteiger partial charge in [0.15, 0.2) is 0 Å². The van der Waals surface area contributed by atoms with Crippen molar-refractivity contribution in [1.82, 2.24) is 14.8 Å². The third-order valence-corrected chi connectivity index (χ3v) is 6.30.